The molecule has 8 heteroatoms. The Kier molecular flexibility index (Phi) is 2.55. The lowest BCUT2D eigenvalue weighted by Crippen LogP contribution is -2.44. The molecule has 2 aliphatic rings. The zero-order valence-corrected chi connectivity index (χ0v) is 12.2. The number of fused-ring (bicyclic) bond motifs is 5. The molecule has 0 spiro atoms. The number of carbonyl (C=O) groups excluding carboxylic acids is 1. The monoisotopic (exact) mass is 327 g/mol. The van der Waals surface area contributed by atoms with E-state index in [9.17, 15) is 20.0 Å². The molecule has 2 aromatic rings. The molecule has 4 rings (SSSR count). The van der Waals surface area contributed by atoms with Gasteiger partial charge >= 0.3 is 0 Å². The van der Waals surface area contributed by atoms with E-state index >= 15 is 0 Å². The van der Waals surface area contributed by atoms with Crippen LogP contribution >= 0.6 is 11.6 Å². The Bertz CT molecular complexity index is 917. The molecule has 0 bridgehead atoms. The number of carbonyl (C=O) groups is 1. The summed E-state index contributed by atoms with van der Waals surface area (Å²) in [4.78, 5) is 21.4. The lowest BCUT2D eigenvalue weighted by atomic mass is 9.88. The minimum absolute atomic E-state index is 0.0285. The normalized spacial score (nSPS) is 27.1. The molecule has 6 nitrogen and oxygen atoms in total. The second-order valence-electron chi connectivity index (χ2n) is 5.45. The molecular formula is C15H7BClNO5. The van der Waals surface area contributed by atoms with Crippen LogP contribution in [0.15, 0.2) is 36.4 Å². The first-order valence-electron chi connectivity index (χ1n) is 6.63. The quantitative estimate of drug-likeness (QED) is 0.368. The molecule has 0 fully saturated rings. The highest BCUT2D eigenvalue weighted by Crippen LogP contribution is 2.62. The molecule has 1 aliphatic carbocycles. The van der Waals surface area contributed by atoms with Crippen molar-refractivity contribution in [3.05, 3.63) is 63.2 Å². The van der Waals surface area contributed by atoms with Crippen LogP contribution in [0.25, 0.3) is 0 Å². The molecule has 0 saturated heterocycles. The second-order valence-corrected chi connectivity index (χ2v) is 6.01. The largest absolute Gasteiger partial charge is 0.455 e. The van der Waals surface area contributed by atoms with E-state index in [4.69, 9.17) is 24.2 Å². The van der Waals surface area contributed by atoms with Crippen molar-refractivity contribution < 1.29 is 19.6 Å². The Hall–Kier alpha value is -2.38. The highest BCUT2D eigenvalue weighted by atomic mass is 35.5. The van der Waals surface area contributed by atoms with Gasteiger partial charge in [0.2, 0.25) is 4.87 Å². The summed E-state index contributed by atoms with van der Waals surface area (Å²) >= 11 is 6.50. The SMILES string of the molecule is [B]c1ccc2c(c1)OC1(O)c3c(cccc3[N+](=O)[O-])C(=O)C21Cl. The number of nitrogens with zero attached hydrogens (tertiary/aromatic N) is 1. The zero-order chi connectivity index (χ0) is 16.6. The van der Waals surface area contributed by atoms with Gasteiger partial charge in [0.1, 0.15) is 19.2 Å². The van der Waals surface area contributed by atoms with Crippen molar-refractivity contribution in [2.24, 2.45) is 0 Å². The van der Waals surface area contributed by atoms with Crippen molar-refractivity contribution >= 4 is 36.4 Å². The second kappa shape index (κ2) is 4.12. The van der Waals surface area contributed by atoms with Crippen LogP contribution in [0.3, 0.4) is 0 Å². The maximum Gasteiger partial charge on any atom is 0.280 e. The lowest BCUT2D eigenvalue weighted by molar-refractivity contribution is -0.387. The number of ether oxygens (including phenoxy) is 1. The molecule has 1 aliphatic heterocycles. The molecule has 2 aromatic carbocycles. The summed E-state index contributed by atoms with van der Waals surface area (Å²) in [6, 6.07) is 8.34. The van der Waals surface area contributed by atoms with Gasteiger partial charge in [-0.15, -0.1) is 0 Å². The number of hydrogen-bond acceptors (Lipinski definition) is 5. The number of alkyl halides is 1. The van der Waals surface area contributed by atoms with Crippen LogP contribution in [-0.4, -0.2) is 23.7 Å². The van der Waals surface area contributed by atoms with Crippen LogP contribution in [0.2, 0.25) is 0 Å². The molecule has 0 aromatic heterocycles. The van der Waals surface area contributed by atoms with Gasteiger partial charge in [0.25, 0.3) is 11.5 Å². The van der Waals surface area contributed by atoms with Crippen LogP contribution in [0, 0.1) is 10.1 Å². The first-order chi connectivity index (χ1) is 10.8. The standard InChI is InChI=1S/C15H7BClNO5/c16-7-4-5-9-11(6-7)23-15(20)12-8(13(19)14(9,15)17)2-1-3-10(12)18(21)22/h1-6,20H. The molecule has 23 heavy (non-hydrogen) atoms. The van der Waals surface area contributed by atoms with Crippen molar-refractivity contribution in [2.75, 3.05) is 0 Å². The maximum atomic E-state index is 12.8. The van der Waals surface area contributed by atoms with Crippen LogP contribution in [0.1, 0.15) is 21.5 Å². The Balaban J connectivity index is 2.07. The average Bonchev–Trinajstić information content (AvgIpc) is 2.83. The van der Waals surface area contributed by atoms with Crippen LogP contribution in [-0.2, 0) is 10.7 Å². The predicted octanol–water partition coefficient (Wildman–Crippen LogP) is 1.26. The third-order valence-corrected chi connectivity index (χ3v) is 4.87. The summed E-state index contributed by atoms with van der Waals surface area (Å²) < 4.78 is 5.51. The number of nitro groups is 1. The van der Waals surface area contributed by atoms with Crippen LogP contribution in [0.5, 0.6) is 5.75 Å². The fraction of sp³-hybridized carbons (Fsp3) is 0.133. The summed E-state index contributed by atoms with van der Waals surface area (Å²) in [5.74, 6) is -2.88. The summed E-state index contributed by atoms with van der Waals surface area (Å²) in [6.07, 6.45) is 0. The Labute approximate surface area is 136 Å². The molecule has 1 heterocycles. The lowest BCUT2D eigenvalue weighted by Gasteiger charge is -2.27. The molecular weight excluding hydrogens is 320 g/mol. The molecule has 2 atom stereocenters. The summed E-state index contributed by atoms with van der Waals surface area (Å²) in [5.41, 5.74) is -0.116. The van der Waals surface area contributed by atoms with Gasteiger partial charge in [-0.05, 0) is 6.07 Å². The zero-order valence-electron chi connectivity index (χ0n) is 11.4. The van der Waals surface area contributed by atoms with Crippen LogP contribution in [0.4, 0.5) is 5.69 Å². The van der Waals surface area contributed by atoms with Gasteiger partial charge in [-0.25, -0.2) is 0 Å². The number of Topliss-reactive ketones (excluding diaryl/α,β-unsaturated/α-hetero) is 1. The summed E-state index contributed by atoms with van der Waals surface area (Å²) in [7, 11) is 5.68. The summed E-state index contributed by atoms with van der Waals surface area (Å²) in [5, 5.41) is 22.3. The van der Waals surface area contributed by atoms with Gasteiger partial charge < -0.3 is 9.84 Å². The van der Waals surface area contributed by atoms with Gasteiger partial charge in [0.15, 0.2) is 5.78 Å². The average molecular weight is 327 g/mol. The number of aliphatic hydroxyl groups is 1. The highest BCUT2D eigenvalue weighted by molar-refractivity contribution is 6.41. The van der Waals surface area contributed by atoms with E-state index in [-0.39, 0.29) is 22.4 Å². The number of ketones is 1. The molecule has 0 saturated carbocycles. The topological polar surface area (TPSA) is 89.7 Å². The number of nitro benzene ring substituents is 1. The van der Waals surface area contributed by atoms with Gasteiger partial charge in [-0.1, -0.05) is 41.3 Å². The van der Waals surface area contributed by atoms with Crippen molar-refractivity contribution in [1.82, 2.24) is 0 Å². The Morgan fingerprint density at radius 2 is 2.04 bits per heavy atom. The molecule has 2 unspecified atom stereocenters. The van der Waals surface area contributed by atoms with E-state index in [1.54, 1.807) is 0 Å². The van der Waals surface area contributed by atoms with Crippen molar-refractivity contribution in [2.45, 2.75) is 10.7 Å². The third-order valence-electron chi connectivity index (χ3n) is 4.24. The number of halogens is 1. The first-order valence-corrected chi connectivity index (χ1v) is 7.01. The smallest absolute Gasteiger partial charge is 0.280 e. The fourth-order valence-corrected chi connectivity index (χ4v) is 3.63. The van der Waals surface area contributed by atoms with Crippen molar-refractivity contribution in [3.8, 4) is 5.75 Å². The number of benzene rings is 2. The van der Waals surface area contributed by atoms with Crippen molar-refractivity contribution in [1.29, 1.82) is 0 Å². The summed E-state index contributed by atoms with van der Waals surface area (Å²) in [6.45, 7) is 0. The van der Waals surface area contributed by atoms with Gasteiger partial charge in [-0.3, -0.25) is 14.9 Å². The Morgan fingerprint density at radius 1 is 1.30 bits per heavy atom. The Morgan fingerprint density at radius 3 is 2.74 bits per heavy atom. The molecule has 0 amide bonds. The number of hydrogen-bond donors (Lipinski definition) is 1. The van der Waals surface area contributed by atoms with Crippen molar-refractivity contribution in [3.63, 3.8) is 0 Å². The maximum absolute atomic E-state index is 12.8. The predicted molar refractivity (Wildman–Crippen MR) is 81.3 cm³/mol. The third kappa shape index (κ3) is 1.46. The fourth-order valence-electron chi connectivity index (χ4n) is 3.24. The molecule has 2 radical (unpaired) electrons. The van der Waals surface area contributed by atoms with E-state index in [0.29, 0.717) is 5.46 Å². The minimum Gasteiger partial charge on any atom is -0.455 e. The van der Waals surface area contributed by atoms with E-state index in [2.05, 4.69) is 0 Å². The van der Waals surface area contributed by atoms with Gasteiger partial charge in [-0.2, -0.15) is 0 Å². The molecule has 112 valence electrons. The number of rotatable bonds is 1. The molecule has 1 N–H and O–H groups in total. The van der Waals surface area contributed by atoms with Gasteiger partial charge in [0, 0.05) is 17.2 Å². The van der Waals surface area contributed by atoms with E-state index in [1.165, 1.54) is 36.4 Å². The van der Waals surface area contributed by atoms with E-state index in [1.807, 2.05) is 0 Å². The van der Waals surface area contributed by atoms with E-state index in [0.717, 1.165) is 0 Å². The highest BCUT2D eigenvalue weighted by Gasteiger charge is 2.72. The minimum atomic E-state index is -2.36. The van der Waals surface area contributed by atoms with Gasteiger partial charge in [0.05, 0.1) is 4.92 Å². The van der Waals surface area contributed by atoms with E-state index < -0.39 is 27.1 Å². The van der Waals surface area contributed by atoms with Crippen LogP contribution < -0.4 is 10.2 Å². The first kappa shape index (κ1) is 14.2.